The summed E-state index contributed by atoms with van der Waals surface area (Å²) in [5.41, 5.74) is 1.08. The molecule has 226 valence electrons. The summed E-state index contributed by atoms with van der Waals surface area (Å²) in [6, 6.07) is 20.1. The topological polar surface area (TPSA) is 83.9 Å². The molecule has 5 rings (SSSR count). The molecule has 1 aliphatic carbocycles. The number of aromatic nitrogens is 3. The lowest BCUT2D eigenvalue weighted by Gasteiger charge is -2.27. The maximum absolute atomic E-state index is 13.5. The normalized spacial score (nSPS) is 14.7. The molecule has 0 aliphatic heterocycles. The third-order valence-corrected chi connectivity index (χ3v) is 7.80. The van der Waals surface area contributed by atoms with E-state index in [4.69, 9.17) is 9.97 Å². The molecule has 0 spiro atoms. The third-order valence-electron chi connectivity index (χ3n) is 7.80. The second-order valence-electron chi connectivity index (χ2n) is 11.0. The van der Waals surface area contributed by atoms with Gasteiger partial charge in [0.05, 0.1) is 5.56 Å². The van der Waals surface area contributed by atoms with Crippen molar-refractivity contribution in [2.45, 2.75) is 63.7 Å². The molecule has 4 aromatic rings. The fourth-order valence-corrected chi connectivity index (χ4v) is 5.46. The van der Waals surface area contributed by atoms with Crippen LogP contribution in [-0.4, -0.2) is 33.0 Å². The Balaban J connectivity index is 1.32. The average Bonchev–Trinajstić information content (AvgIpc) is 3.56. The average molecular weight is 591 g/mol. The summed E-state index contributed by atoms with van der Waals surface area (Å²) in [4.78, 5) is 22.9. The van der Waals surface area contributed by atoms with Gasteiger partial charge in [-0.2, -0.15) is 23.1 Å². The Morgan fingerprint density at radius 2 is 1.63 bits per heavy atom. The van der Waals surface area contributed by atoms with E-state index in [0.717, 1.165) is 44.2 Å². The van der Waals surface area contributed by atoms with E-state index in [-0.39, 0.29) is 12.5 Å². The number of nitrogens with zero attached hydrogens (tertiary/aromatic N) is 3. The number of rotatable bonds is 12. The SMILES string of the molecule is O=C(NCc1ccc(C(F)(F)F)cc1)C(CC1CCCCC1)Nc1cc(-n2cccc2)nc(NCCc2ccccc2)n1. The minimum atomic E-state index is -4.40. The van der Waals surface area contributed by atoms with Crippen molar-refractivity contribution in [3.05, 3.63) is 102 Å². The Hall–Kier alpha value is -4.34. The van der Waals surface area contributed by atoms with Gasteiger partial charge in [-0.1, -0.05) is 74.6 Å². The van der Waals surface area contributed by atoms with E-state index < -0.39 is 17.8 Å². The number of benzene rings is 2. The van der Waals surface area contributed by atoms with Gasteiger partial charge in [-0.3, -0.25) is 4.79 Å². The van der Waals surface area contributed by atoms with Crippen molar-refractivity contribution >= 4 is 17.7 Å². The van der Waals surface area contributed by atoms with Gasteiger partial charge in [0.1, 0.15) is 17.7 Å². The number of anilines is 2. The van der Waals surface area contributed by atoms with Gasteiger partial charge in [0.15, 0.2) is 0 Å². The first-order valence-electron chi connectivity index (χ1n) is 14.8. The first-order valence-corrected chi connectivity index (χ1v) is 14.8. The van der Waals surface area contributed by atoms with Gasteiger partial charge in [0, 0.05) is 31.5 Å². The van der Waals surface area contributed by atoms with Gasteiger partial charge < -0.3 is 20.5 Å². The second kappa shape index (κ2) is 14.2. The van der Waals surface area contributed by atoms with Crippen molar-refractivity contribution in [3.63, 3.8) is 0 Å². The Morgan fingerprint density at radius 1 is 0.907 bits per heavy atom. The number of carbonyl (C=O) groups excluding carboxylic acids is 1. The van der Waals surface area contributed by atoms with Crippen molar-refractivity contribution in [2.24, 2.45) is 5.92 Å². The zero-order chi connectivity index (χ0) is 30.1. The predicted molar refractivity (Wildman–Crippen MR) is 162 cm³/mol. The van der Waals surface area contributed by atoms with Crippen LogP contribution in [0.15, 0.2) is 85.2 Å². The van der Waals surface area contributed by atoms with Crippen LogP contribution >= 0.6 is 0 Å². The monoisotopic (exact) mass is 590 g/mol. The molecule has 0 bridgehead atoms. The molecule has 0 radical (unpaired) electrons. The summed E-state index contributed by atoms with van der Waals surface area (Å²) >= 11 is 0. The molecular weight excluding hydrogens is 553 g/mol. The first kappa shape index (κ1) is 30.1. The Kier molecular flexibility index (Phi) is 9.96. The van der Waals surface area contributed by atoms with Crippen LogP contribution in [-0.2, 0) is 23.9 Å². The number of nitrogens with one attached hydrogen (secondary N) is 3. The molecule has 7 nitrogen and oxygen atoms in total. The minimum absolute atomic E-state index is 0.129. The fourth-order valence-electron chi connectivity index (χ4n) is 5.46. The van der Waals surface area contributed by atoms with Crippen LogP contribution in [0.25, 0.3) is 5.82 Å². The van der Waals surface area contributed by atoms with Gasteiger partial charge in [-0.05, 0) is 54.2 Å². The van der Waals surface area contributed by atoms with E-state index >= 15 is 0 Å². The van der Waals surface area contributed by atoms with Gasteiger partial charge in [0.2, 0.25) is 11.9 Å². The van der Waals surface area contributed by atoms with Crippen molar-refractivity contribution in [1.82, 2.24) is 19.9 Å². The molecular formula is C33H37F3N6O. The van der Waals surface area contributed by atoms with Gasteiger partial charge in [-0.25, -0.2) is 0 Å². The van der Waals surface area contributed by atoms with Crippen LogP contribution in [0.4, 0.5) is 24.9 Å². The number of hydrogen-bond acceptors (Lipinski definition) is 5. The van der Waals surface area contributed by atoms with Crippen LogP contribution < -0.4 is 16.0 Å². The summed E-state index contributed by atoms with van der Waals surface area (Å²) in [5.74, 6) is 1.81. The number of carbonyl (C=O) groups is 1. The van der Waals surface area contributed by atoms with Crippen molar-refractivity contribution in [1.29, 1.82) is 0 Å². The Morgan fingerprint density at radius 3 is 2.33 bits per heavy atom. The van der Waals surface area contributed by atoms with Crippen molar-refractivity contribution in [2.75, 3.05) is 17.2 Å². The molecule has 43 heavy (non-hydrogen) atoms. The van der Waals surface area contributed by atoms with Crippen LogP contribution in [0.5, 0.6) is 0 Å². The minimum Gasteiger partial charge on any atom is -0.358 e. The standard InChI is InChI=1S/C33H37F3N6O/c34-33(35,36)27-15-13-26(14-16-27)23-38-31(43)28(21-25-11-5-2-6-12-25)39-29-22-30(42-19-7-8-20-42)41-32(40-29)37-18-17-24-9-3-1-4-10-24/h1,3-4,7-10,13-16,19-20,22,25,28H,2,5-6,11-12,17-18,21,23H2,(H,38,43)(H2,37,39,40,41). The molecule has 0 saturated heterocycles. The highest BCUT2D eigenvalue weighted by atomic mass is 19.4. The van der Waals surface area contributed by atoms with Gasteiger partial charge in [-0.15, -0.1) is 0 Å². The number of halogens is 3. The lowest BCUT2D eigenvalue weighted by atomic mass is 9.84. The second-order valence-corrected chi connectivity index (χ2v) is 11.0. The molecule has 1 aliphatic rings. The van der Waals surface area contributed by atoms with E-state index in [1.165, 1.54) is 24.1 Å². The number of hydrogen-bond donors (Lipinski definition) is 3. The zero-order valence-electron chi connectivity index (χ0n) is 24.0. The summed E-state index contributed by atoms with van der Waals surface area (Å²) in [6.07, 6.45) is 6.46. The van der Waals surface area contributed by atoms with Crippen LogP contribution in [0.2, 0.25) is 0 Å². The highest BCUT2D eigenvalue weighted by Gasteiger charge is 2.30. The summed E-state index contributed by atoms with van der Waals surface area (Å²) in [6.45, 7) is 0.766. The molecule has 1 fully saturated rings. The molecule has 1 atom stereocenters. The van der Waals surface area contributed by atoms with E-state index in [0.29, 0.717) is 42.0 Å². The Labute approximate surface area is 250 Å². The van der Waals surface area contributed by atoms with Crippen LogP contribution in [0.1, 0.15) is 55.2 Å². The molecule has 3 N–H and O–H groups in total. The first-order chi connectivity index (χ1) is 20.8. The van der Waals surface area contributed by atoms with E-state index in [2.05, 4.69) is 28.1 Å². The number of amides is 1. The smallest absolute Gasteiger partial charge is 0.358 e. The van der Waals surface area contributed by atoms with Crippen molar-refractivity contribution < 1.29 is 18.0 Å². The van der Waals surface area contributed by atoms with Crippen LogP contribution in [0, 0.1) is 5.92 Å². The fraction of sp³-hybridized carbons (Fsp3) is 0.364. The lowest BCUT2D eigenvalue weighted by Crippen LogP contribution is -2.41. The highest BCUT2D eigenvalue weighted by Crippen LogP contribution is 2.30. The summed E-state index contributed by atoms with van der Waals surface area (Å²) in [5, 5.41) is 9.63. The van der Waals surface area contributed by atoms with Gasteiger partial charge >= 0.3 is 6.18 Å². The quantitative estimate of drug-likeness (QED) is 0.165. The maximum atomic E-state index is 13.5. The van der Waals surface area contributed by atoms with Crippen molar-refractivity contribution in [3.8, 4) is 5.82 Å². The predicted octanol–water partition coefficient (Wildman–Crippen LogP) is 7.01. The molecule has 10 heteroatoms. The number of alkyl halides is 3. The molecule has 2 heterocycles. The third kappa shape index (κ3) is 8.83. The maximum Gasteiger partial charge on any atom is 0.416 e. The van der Waals surface area contributed by atoms with Gasteiger partial charge in [0.25, 0.3) is 0 Å². The summed E-state index contributed by atoms with van der Waals surface area (Å²) < 4.78 is 40.8. The van der Waals surface area contributed by atoms with E-state index in [9.17, 15) is 18.0 Å². The molecule has 2 aromatic heterocycles. The molecule has 1 saturated carbocycles. The lowest BCUT2D eigenvalue weighted by molar-refractivity contribution is -0.137. The molecule has 1 amide bonds. The van der Waals surface area contributed by atoms with Crippen LogP contribution in [0.3, 0.4) is 0 Å². The van der Waals surface area contributed by atoms with E-state index in [1.54, 1.807) is 0 Å². The Bertz CT molecular complexity index is 1440. The molecule has 1 unspecified atom stereocenters. The highest BCUT2D eigenvalue weighted by molar-refractivity contribution is 5.84. The zero-order valence-corrected chi connectivity index (χ0v) is 24.0. The van der Waals surface area contributed by atoms with E-state index in [1.807, 2.05) is 53.4 Å². The molecule has 2 aromatic carbocycles. The largest absolute Gasteiger partial charge is 0.416 e. The summed E-state index contributed by atoms with van der Waals surface area (Å²) in [7, 11) is 0.